The summed E-state index contributed by atoms with van der Waals surface area (Å²) in [6.07, 6.45) is 1.88. The Balaban J connectivity index is 1.20. The molecule has 0 aliphatic carbocycles. The van der Waals surface area contributed by atoms with Crippen molar-refractivity contribution in [1.29, 1.82) is 0 Å². The van der Waals surface area contributed by atoms with Gasteiger partial charge in [0.2, 0.25) is 0 Å². The van der Waals surface area contributed by atoms with E-state index in [1.165, 1.54) is 11.1 Å². The van der Waals surface area contributed by atoms with E-state index in [1.54, 1.807) is 0 Å². The molecule has 0 N–H and O–H groups in total. The predicted octanol–water partition coefficient (Wildman–Crippen LogP) is 4.45. The van der Waals surface area contributed by atoms with Crippen LogP contribution in [0.3, 0.4) is 0 Å². The molecule has 0 spiro atoms. The molecule has 1 aliphatic rings. The fraction of sp³-hybridized carbons (Fsp3) is 0.250. The van der Waals surface area contributed by atoms with Crippen molar-refractivity contribution in [3.8, 4) is 11.8 Å². The molecular formula is C28H28N4. The molecule has 4 aromatic rings. The topological polar surface area (TPSA) is 24.3 Å². The first-order chi connectivity index (χ1) is 15.9. The number of imidazole rings is 1. The second kappa shape index (κ2) is 9.82. The maximum atomic E-state index is 4.44. The number of hydrogen-bond donors (Lipinski definition) is 0. The minimum Gasteiger partial charge on any atom is -0.319 e. The number of piperazine rings is 1. The third-order valence-electron chi connectivity index (χ3n) is 6.21. The number of hydrogen-bond acceptors (Lipinski definition) is 3. The Hall–Kier alpha value is -3.39. The summed E-state index contributed by atoms with van der Waals surface area (Å²) in [4.78, 5) is 9.51. The van der Waals surface area contributed by atoms with Crippen LogP contribution in [0.25, 0.3) is 11.0 Å². The van der Waals surface area contributed by atoms with Crippen LogP contribution >= 0.6 is 0 Å². The highest BCUT2D eigenvalue weighted by Crippen LogP contribution is 2.29. The van der Waals surface area contributed by atoms with E-state index < -0.39 is 0 Å². The normalized spacial score (nSPS) is 15.0. The molecule has 4 heteroatoms. The molecule has 1 aliphatic heterocycles. The van der Waals surface area contributed by atoms with Gasteiger partial charge in [0.1, 0.15) is 0 Å². The molecule has 1 fully saturated rings. The lowest BCUT2D eigenvalue weighted by atomic mass is 9.96. The third-order valence-corrected chi connectivity index (χ3v) is 6.21. The Morgan fingerprint density at radius 1 is 0.688 bits per heavy atom. The van der Waals surface area contributed by atoms with Crippen LogP contribution in [0, 0.1) is 11.8 Å². The van der Waals surface area contributed by atoms with Gasteiger partial charge in [-0.05, 0) is 23.3 Å². The van der Waals surface area contributed by atoms with Gasteiger partial charge in [-0.15, -0.1) is 0 Å². The number of rotatable bonds is 5. The molecule has 2 heterocycles. The summed E-state index contributed by atoms with van der Waals surface area (Å²) < 4.78 is 2.12. The molecule has 0 saturated carbocycles. The zero-order valence-corrected chi connectivity index (χ0v) is 18.3. The Bertz CT molecular complexity index is 1160. The van der Waals surface area contributed by atoms with E-state index in [4.69, 9.17) is 0 Å². The molecule has 0 radical (unpaired) electrons. The molecule has 160 valence electrons. The van der Waals surface area contributed by atoms with E-state index in [2.05, 4.69) is 97.9 Å². The first-order valence-corrected chi connectivity index (χ1v) is 11.3. The average Bonchev–Trinajstić information content (AvgIpc) is 3.27. The van der Waals surface area contributed by atoms with Crippen molar-refractivity contribution in [2.75, 3.05) is 32.7 Å². The van der Waals surface area contributed by atoms with Crippen molar-refractivity contribution in [3.63, 3.8) is 0 Å². The van der Waals surface area contributed by atoms with Crippen LogP contribution < -0.4 is 0 Å². The van der Waals surface area contributed by atoms with E-state index in [1.807, 2.05) is 24.5 Å². The summed E-state index contributed by atoms with van der Waals surface area (Å²) in [7, 11) is 0. The number of nitrogens with zero attached hydrogens (tertiary/aromatic N) is 4. The minimum absolute atomic E-state index is 0.306. The SMILES string of the molecule is C(#CCn1cnc2ccccc21)CN1CCN(C(c2ccccc2)c2ccccc2)CC1. The highest BCUT2D eigenvalue weighted by molar-refractivity contribution is 5.75. The zero-order valence-electron chi connectivity index (χ0n) is 18.3. The van der Waals surface area contributed by atoms with Gasteiger partial charge in [-0.2, -0.15) is 0 Å². The number of benzene rings is 3. The second-order valence-electron chi connectivity index (χ2n) is 8.25. The highest BCUT2D eigenvalue weighted by Gasteiger charge is 2.25. The van der Waals surface area contributed by atoms with Crippen molar-refractivity contribution >= 4 is 11.0 Å². The Labute approximate surface area is 190 Å². The van der Waals surface area contributed by atoms with Crippen molar-refractivity contribution in [3.05, 3.63) is 102 Å². The minimum atomic E-state index is 0.306. The average molecular weight is 421 g/mol. The molecule has 5 rings (SSSR count). The summed E-state index contributed by atoms with van der Waals surface area (Å²) >= 11 is 0. The summed E-state index contributed by atoms with van der Waals surface area (Å²) in [5, 5.41) is 0. The second-order valence-corrected chi connectivity index (χ2v) is 8.25. The Morgan fingerprint density at radius 2 is 1.28 bits per heavy atom. The van der Waals surface area contributed by atoms with E-state index in [9.17, 15) is 0 Å². The maximum Gasteiger partial charge on any atom is 0.0966 e. The van der Waals surface area contributed by atoms with Crippen LogP contribution in [0.2, 0.25) is 0 Å². The van der Waals surface area contributed by atoms with Gasteiger partial charge < -0.3 is 4.57 Å². The van der Waals surface area contributed by atoms with Crippen molar-refractivity contribution in [1.82, 2.24) is 19.4 Å². The van der Waals surface area contributed by atoms with Crippen LogP contribution in [-0.2, 0) is 6.54 Å². The van der Waals surface area contributed by atoms with Gasteiger partial charge in [0.05, 0.1) is 36.5 Å². The van der Waals surface area contributed by atoms with Gasteiger partial charge >= 0.3 is 0 Å². The van der Waals surface area contributed by atoms with Crippen LogP contribution in [0.15, 0.2) is 91.3 Å². The molecule has 3 aromatic carbocycles. The summed E-state index contributed by atoms with van der Waals surface area (Å²) in [5.74, 6) is 6.70. The van der Waals surface area contributed by atoms with Crippen LogP contribution in [0.1, 0.15) is 17.2 Å². The quantitative estimate of drug-likeness (QED) is 0.446. The molecule has 0 atom stereocenters. The van der Waals surface area contributed by atoms with E-state index in [0.29, 0.717) is 12.6 Å². The highest BCUT2D eigenvalue weighted by atomic mass is 15.3. The van der Waals surface area contributed by atoms with Crippen molar-refractivity contribution < 1.29 is 0 Å². The molecular weight excluding hydrogens is 392 g/mol. The van der Waals surface area contributed by atoms with E-state index in [-0.39, 0.29) is 0 Å². The molecule has 0 unspecified atom stereocenters. The van der Waals surface area contributed by atoms with Gasteiger partial charge in [0.25, 0.3) is 0 Å². The number of aromatic nitrogens is 2. The lowest BCUT2D eigenvalue weighted by molar-refractivity contribution is 0.119. The first-order valence-electron chi connectivity index (χ1n) is 11.3. The molecule has 4 nitrogen and oxygen atoms in total. The largest absolute Gasteiger partial charge is 0.319 e. The van der Waals surface area contributed by atoms with Gasteiger partial charge in [-0.25, -0.2) is 4.98 Å². The first kappa shape index (κ1) is 20.5. The van der Waals surface area contributed by atoms with Gasteiger partial charge in [0.15, 0.2) is 0 Å². The van der Waals surface area contributed by atoms with Gasteiger partial charge in [0, 0.05) is 26.2 Å². The predicted molar refractivity (Wildman–Crippen MR) is 130 cm³/mol. The fourth-order valence-corrected chi connectivity index (χ4v) is 4.51. The van der Waals surface area contributed by atoms with Gasteiger partial charge in [-0.3, -0.25) is 9.80 Å². The van der Waals surface area contributed by atoms with Gasteiger partial charge in [-0.1, -0.05) is 84.6 Å². The monoisotopic (exact) mass is 420 g/mol. The summed E-state index contributed by atoms with van der Waals surface area (Å²) in [6, 6.07) is 30.2. The number of para-hydroxylation sites is 2. The van der Waals surface area contributed by atoms with Crippen LogP contribution in [0.5, 0.6) is 0 Å². The summed E-state index contributed by atoms with van der Waals surface area (Å²) in [6.45, 7) is 5.68. The molecule has 0 bridgehead atoms. The Kier molecular flexibility index (Phi) is 6.30. The lowest BCUT2D eigenvalue weighted by Gasteiger charge is -2.39. The maximum absolute atomic E-state index is 4.44. The van der Waals surface area contributed by atoms with Crippen LogP contribution in [-0.4, -0.2) is 52.1 Å². The molecule has 1 aromatic heterocycles. The molecule has 1 saturated heterocycles. The number of fused-ring (bicyclic) bond motifs is 1. The smallest absolute Gasteiger partial charge is 0.0966 e. The lowest BCUT2D eigenvalue weighted by Crippen LogP contribution is -2.47. The Morgan fingerprint density at radius 3 is 1.97 bits per heavy atom. The molecule has 0 amide bonds. The van der Waals surface area contributed by atoms with Crippen molar-refractivity contribution in [2.45, 2.75) is 12.6 Å². The van der Waals surface area contributed by atoms with E-state index >= 15 is 0 Å². The van der Waals surface area contributed by atoms with Crippen LogP contribution in [0.4, 0.5) is 0 Å². The molecule has 32 heavy (non-hydrogen) atoms. The standard InChI is InChI=1S/C28H28N4/c1-3-11-24(12-4-1)28(25-13-5-2-6-14-25)31-21-19-30(20-22-31)17-9-10-18-32-23-29-26-15-7-8-16-27(26)32/h1-8,11-16,23,28H,17-22H2. The summed E-state index contributed by atoms with van der Waals surface area (Å²) in [5.41, 5.74) is 4.89. The third kappa shape index (κ3) is 4.60. The fourth-order valence-electron chi connectivity index (χ4n) is 4.51. The van der Waals surface area contributed by atoms with E-state index in [0.717, 1.165) is 43.8 Å². The zero-order chi connectivity index (χ0) is 21.6. The van der Waals surface area contributed by atoms with Crippen molar-refractivity contribution in [2.24, 2.45) is 0 Å².